The van der Waals surface area contributed by atoms with Gasteiger partial charge in [-0.1, -0.05) is 164 Å². The molecule has 0 N–H and O–H groups in total. The lowest BCUT2D eigenvalue weighted by atomic mass is 9.82. The zero-order valence-corrected chi connectivity index (χ0v) is 28.7. The van der Waals surface area contributed by atoms with Crippen molar-refractivity contribution in [2.24, 2.45) is 0 Å². The highest BCUT2D eigenvalue weighted by molar-refractivity contribution is 6.29. The van der Waals surface area contributed by atoms with Crippen LogP contribution in [0.2, 0.25) is 0 Å². The van der Waals surface area contributed by atoms with Gasteiger partial charge in [-0.2, -0.15) is 0 Å². The van der Waals surface area contributed by atoms with Gasteiger partial charge in [0.2, 0.25) is 0 Å². The van der Waals surface area contributed by atoms with Crippen LogP contribution in [0.5, 0.6) is 0 Å². The van der Waals surface area contributed by atoms with Gasteiger partial charge in [0, 0.05) is 0 Å². The summed E-state index contributed by atoms with van der Waals surface area (Å²) in [5.41, 5.74) is 15.7. The summed E-state index contributed by atoms with van der Waals surface area (Å²) in [4.78, 5) is 0. The monoisotopic (exact) mass is 658 g/mol. The fourth-order valence-corrected chi connectivity index (χ4v) is 9.21. The summed E-state index contributed by atoms with van der Waals surface area (Å²) >= 11 is 0. The van der Waals surface area contributed by atoms with Gasteiger partial charge in [0.15, 0.2) is 0 Å². The minimum absolute atomic E-state index is 1.03. The summed E-state index contributed by atoms with van der Waals surface area (Å²) in [5, 5.41) is 10.5. The van der Waals surface area contributed by atoms with Crippen molar-refractivity contribution < 1.29 is 0 Å². The standard InChI is InChI=1S/C52H34/c1-3-16-35(17-4-1)48-43-23-11-12-24-44(43)49(36-18-5-2-6-19-36)52-47-32-39(38-27-26-33-14-7-8-20-37(33)30-38)31-46-42(28-29-45(50(46)47)51(48)52)41-25-13-21-34-15-9-10-22-40(34)41/h1-12,14-24,26-32H,13,25H2. The van der Waals surface area contributed by atoms with E-state index >= 15 is 0 Å². The van der Waals surface area contributed by atoms with E-state index in [2.05, 4.69) is 182 Å². The van der Waals surface area contributed by atoms with Crippen molar-refractivity contribution in [2.75, 3.05) is 0 Å². The maximum Gasteiger partial charge on any atom is -0.000719 e. The average Bonchev–Trinajstić information content (AvgIpc) is 3.54. The molecule has 0 heterocycles. The van der Waals surface area contributed by atoms with Crippen molar-refractivity contribution in [2.45, 2.75) is 12.8 Å². The van der Waals surface area contributed by atoms with Crippen LogP contribution >= 0.6 is 0 Å². The van der Waals surface area contributed by atoms with Gasteiger partial charge in [-0.3, -0.25) is 0 Å². The molecule has 0 heteroatoms. The maximum atomic E-state index is 2.49. The molecule has 0 radical (unpaired) electrons. The van der Waals surface area contributed by atoms with Gasteiger partial charge in [-0.15, -0.1) is 0 Å². The topological polar surface area (TPSA) is 0 Å². The van der Waals surface area contributed by atoms with Crippen molar-refractivity contribution in [3.63, 3.8) is 0 Å². The predicted octanol–water partition coefficient (Wildman–Crippen LogP) is 12.6. The molecule has 0 atom stereocenters. The van der Waals surface area contributed by atoms with Gasteiger partial charge in [-0.05, 0) is 141 Å². The van der Waals surface area contributed by atoms with E-state index in [9.17, 15) is 0 Å². The van der Waals surface area contributed by atoms with Crippen LogP contribution in [-0.2, 0) is 0 Å². The van der Waals surface area contributed by atoms with Crippen molar-refractivity contribution in [3.8, 4) is 55.6 Å². The summed E-state index contributed by atoms with van der Waals surface area (Å²) in [6.45, 7) is 0. The van der Waals surface area contributed by atoms with Crippen LogP contribution in [-0.4, -0.2) is 0 Å². The number of hydrogen-bond donors (Lipinski definition) is 0. The van der Waals surface area contributed by atoms with Crippen LogP contribution in [0.4, 0.5) is 0 Å². The van der Waals surface area contributed by atoms with Gasteiger partial charge >= 0.3 is 0 Å². The molecule has 9 aromatic rings. The minimum Gasteiger partial charge on any atom is -0.0763 e. The van der Waals surface area contributed by atoms with Crippen LogP contribution in [0.15, 0.2) is 176 Å². The fraction of sp³-hybridized carbons (Fsp3) is 0.0385. The first-order chi connectivity index (χ1) is 25.8. The van der Waals surface area contributed by atoms with E-state index in [0.717, 1.165) is 12.8 Å². The lowest BCUT2D eigenvalue weighted by Gasteiger charge is -2.20. The molecule has 0 bridgehead atoms. The summed E-state index contributed by atoms with van der Waals surface area (Å²) in [5.74, 6) is 0. The fourth-order valence-electron chi connectivity index (χ4n) is 9.21. The normalized spacial score (nSPS) is 13.0. The van der Waals surface area contributed by atoms with Crippen LogP contribution in [0.3, 0.4) is 0 Å². The van der Waals surface area contributed by atoms with E-state index in [-0.39, 0.29) is 0 Å². The Hall–Kier alpha value is -6.50. The second kappa shape index (κ2) is 11.5. The van der Waals surface area contributed by atoms with E-state index in [0.29, 0.717) is 0 Å². The third-order valence-corrected chi connectivity index (χ3v) is 11.4. The first-order valence-corrected chi connectivity index (χ1v) is 18.4. The van der Waals surface area contributed by atoms with Crippen LogP contribution in [0.1, 0.15) is 18.4 Å². The molecule has 11 rings (SSSR count). The molecule has 0 saturated heterocycles. The molecular weight excluding hydrogens is 625 g/mol. The molecule has 0 nitrogen and oxygen atoms in total. The van der Waals surface area contributed by atoms with Crippen molar-refractivity contribution in [1.82, 2.24) is 0 Å². The number of hydrogen-bond acceptors (Lipinski definition) is 0. The molecule has 52 heavy (non-hydrogen) atoms. The van der Waals surface area contributed by atoms with Gasteiger partial charge in [-0.25, -0.2) is 0 Å². The smallest absolute Gasteiger partial charge is 0.000719 e. The summed E-state index contributed by atoms with van der Waals surface area (Å²) in [6.07, 6.45) is 4.48. The van der Waals surface area contributed by atoms with Crippen molar-refractivity contribution >= 4 is 44.0 Å². The Balaban J connectivity index is 1.34. The average molecular weight is 659 g/mol. The quantitative estimate of drug-likeness (QED) is 0.177. The first kappa shape index (κ1) is 29.3. The molecule has 0 aromatic heterocycles. The highest BCUT2D eigenvalue weighted by Crippen LogP contribution is 2.59. The predicted molar refractivity (Wildman–Crippen MR) is 222 cm³/mol. The molecule has 0 aliphatic heterocycles. The Morgan fingerprint density at radius 3 is 1.71 bits per heavy atom. The van der Waals surface area contributed by atoms with Crippen LogP contribution in [0, 0.1) is 0 Å². The molecular formula is C52H34. The second-order valence-corrected chi connectivity index (χ2v) is 14.3. The third-order valence-electron chi connectivity index (χ3n) is 11.4. The van der Waals surface area contributed by atoms with Crippen LogP contribution in [0.25, 0.3) is 99.6 Å². The molecule has 0 fully saturated rings. The van der Waals surface area contributed by atoms with Crippen molar-refractivity contribution in [1.29, 1.82) is 0 Å². The number of fused-ring (bicyclic) bond motifs is 6. The maximum absolute atomic E-state index is 2.49. The van der Waals surface area contributed by atoms with Gasteiger partial charge < -0.3 is 0 Å². The summed E-state index contributed by atoms with van der Waals surface area (Å²) in [6, 6.07) is 65.6. The minimum atomic E-state index is 1.03. The Labute approximate surface area is 303 Å². The molecule has 2 aliphatic carbocycles. The zero-order valence-electron chi connectivity index (χ0n) is 28.7. The first-order valence-electron chi connectivity index (χ1n) is 18.4. The van der Waals surface area contributed by atoms with E-state index in [1.807, 2.05) is 0 Å². The highest BCUT2D eigenvalue weighted by atomic mass is 14.3. The molecule has 2 aliphatic rings. The number of benzene rings is 9. The van der Waals surface area contributed by atoms with Crippen LogP contribution < -0.4 is 10.4 Å². The Morgan fingerprint density at radius 1 is 0.346 bits per heavy atom. The Kier molecular flexibility index (Phi) is 6.48. The van der Waals surface area contributed by atoms with E-state index < -0.39 is 0 Å². The summed E-state index contributed by atoms with van der Waals surface area (Å²) in [7, 11) is 0. The van der Waals surface area contributed by atoms with Gasteiger partial charge in [0.05, 0.1) is 0 Å². The lowest BCUT2D eigenvalue weighted by molar-refractivity contribution is 1.08. The molecule has 242 valence electrons. The zero-order chi connectivity index (χ0) is 34.2. The molecule has 0 amide bonds. The van der Waals surface area contributed by atoms with E-state index in [1.54, 1.807) is 0 Å². The molecule has 0 saturated carbocycles. The Bertz CT molecular complexity index is 3040. The summed E-state index contributed by atoms with van der Waals surface area (Å²) < 4.78 is 0. The van der Waals surface area contributed by atoms with Gasteiger partial charge in [0.1, 0.15) is 0 Å². The lowest BCUT2D eigenvalue weighted by Crippen LogP contribution is -2.29. The molecule has 9 aromatic carbocycles. The van der Waals surface area contributed by atoms with Crippen molar-refractivity contribution in [3.05, 3.63) is 192 Å². The highest BCUT2D eigenvalue weighted by Gasteiger charge is 2.32. The van der Waals surface area contributed by atoms with E-state index in [4.69, 9.17) is 0 Å². The SMILES string of the molecule is C1=c2ccccc2=C(c2ccc3c4c(cc(-c5ccc6ccccc6c5)cc24)-c2c-3c(-c3ccccc3)c3ccccc3c2-c2ccccc2)CC1. The molecule has 0 unspecified atom stereocenters. The number of rotatable bonds is 4. The van der Waals surface area contributed by atoms with E-state index in [1.165, 1.54) is 110 Å². The molecule has 0 spiro atoms. The second-order valence-electron chi connectivity index (χ2n) is 14.3. The van der Waals surface area contributed by atoms with Gasteiger partial charge in [0.25, 0.3) is 0 Å². The largest absolute Gasteiger partial charge is 0.0763 e. The Morgan fingerprint density at radius 2 is 0.962 bits per heavy atom. The third kappa shape index (κ3) is 4.34.